The van der Waals surface area contributed by atoms with Gasteiger partial charge in [0, 0.05) is 43.3 Å². The van der Waals surface area contributed by atoms with Crippen LogP contribution in [0.15, 0.2) is 48.3 Å². The topological polar surface area (TPSA) is 74.4 Å². The molecule has 0 atom stereocenters. The predicted molar refractivity (Wildman–Crippen MR) is 141 cm³/mol. The molecule has 5 nitrogen and oxygen atoms in total. The van der Waals surface area contributed by atoms with E-state index in [9.17, 15) is 13.2 Å². The molecule has 0 aliphatic carbocycles. The molecule has 2 rings (SSSR count). The van der Waals surface area contributed by atoms with Crippen LogP contribution < -0.4 is 20.7 Å². The maximum absolute atomic E-state index is 12.6. The molecule has 0 unspecified atom stereocenters. The van der Waals surface area contributed by atoms with E-state index < -0.39 is 6.36 Å². The Labute approximate surface area is 207 Å². The van der Waals surface area contributed by atoms with Crippen LogP contribution in [0.3, 0.4) is 0 Å². The van der Waals surface area contributed by atoms with Crippen LogP contribution in [-0.2, 0) is 6.54 Å². The van der Waals surface area contributed by atoms with Crippen LogP contribution in [0.4, 0.5) is 18.9 Å². The first-order valence-corrected chi connectivity index (χ1v) is 11.6. The Bertz CT molecular complexity index is 1040. The van der Waals surface area contributed by atoms with Crippen LogP contribution in [0.5, 0.6) is 5.75 Å². The summed E-state index contributed by atoms with van der Waals surface area (Å²) in [5.41, 5.74) is 12.8. The number of halogens is 3. The Morgan fingerprint density at radius 1 is 1.20 bits per heavy atom. The Balaban J connectivity index is 0.00000298. The molecule has 8 heteroatoms. The number of anilines is 1. The number of alkyl halides is 3. The van der Waals surface area contributed by atoms with E-state index in [1.165, 1.54) is 30.1 Å². The van der Waals surface area contributed by atoms with E-state index in [0.29, 0.717) is 12.1 Å². The van der Waals surface area contributed by atoms with Gasteiger partial charge >= 0.3 is 6.36 Å². The maximum Gasteiger partial charge on any atom is 0.573 e. The van der Waals surface area contributed by atoms with Crippen LogP contribution in [-0.4, -0.2) is 26.7 Å². The molecule has 4 N–H and O–H groups in total. The number of nitrogens with one attached hydrogen (secondary N) is 2. The Morgan fingerprint density at radius 2 is 1.80 bits per heavy atom. The van der Waals surface area contributed by atoms with Crippen LogP contribution in [0.1, 0.15) is 50.8 Å². The average Bonchev–Trinajstić information content (AvgIpc) is 2.82. The van der Waals surface area contributed by atoms with Gasteiger partial charge in [-0.3, -0.25) is 0 Å². The van der Waals surface area contributed by atoms with Gasteiger partial charge in [0.15, 0.2) is 0 Å². The minimum atomic E-state index is -4.74. The van der Waals surface area contributed by atoms with Gasteiger partial charge in [0.05, 0.1) is 5.69 Å². The lowest BCUT2D eigenvalue weighted by Crippen LogP contribution is -2.18. The number of hydrogen-bond donors (Lipinski definition) is 3. The third-order valence-corrected chi connectivity index (χ3v) is 5.35. The van der Waals surface area contributed by atoms with E-state index in [-0.39, 0.29) is 5.75 Å². The van der Waals surface area contributed by atoms with Gasteiger partial charge in [-0.2, -0.15) is 0 Å². The molecule has 192 valence electrons. The van der Waals surface area contributed by atoms with Crippen molar-refractivity contribution in [1.82, 2.24) is 5.32 Å². The highest BCUT2D eigenvalue weighted by molar-refractivity contribution is 6.12. The van der Waals surface area contributed by atoms with Crippen molar-refractivity contribution in [1.29, 1.82) is 5.41 Å². The zero-order valence-corrected chi connectivity index (χ0v) is 21.6. The molecule has 0 aliphatic rings. The van der Waals surface area contributed by atoms with E-state index in [0.717, 1.165) is 39.9 Å². The van der Waals surface area contributed by atoms with E-state index in [1.54, 1.807) is 12.1 Å². The molecule has 0 radical (unpaired) electrons. The lowest BCUT2D eigenvalue weighted by atomic mass is 9.88. The highest BCUT2D eigenvalue weighted by atomic mass is 19.4. The van der Waals surface area contributed by atoms with Gasteiger partial charge in [-0.15, -0.1) is 13.2 Å². The fraction of sp³-hybridized carbons (Fsp3) is 0.370. The second-order valence-electron chi connectivity index (χ2n) is 7.74. The largest absolute Gasteiger partial charge is 0.573 e. The smallest absolute Gasteiger partial charge is 0.406 e. The number of hydrogen-bond acceptors (Lipinski definition) is 5. The van der Waals surface area contributed by atoms with Crippen molar-refractivity contribution in [3.8, 4) is 16.9 Å². The van der Waals surface area contributed by atoms with Crippen molar-refractivity contribution < 1.29 is 17.9 Å². The molecular weight excluding hydrogens is 453 g/mol. The number of nitrogens with two attached hydrogens (primary N) is 1. The van der Waals surface area contributed by atoms with Gasteiger partial charge in [-0.25, -0.2) is 0 Å². The molecule has 0 saturated carbocycles. The number of benzene rings is 2. The number of rotatable bonds is 9. The lowest BCUT2D eigenvalue weighted by molar-refractivity contribution is -0.274. The van der Waals surface area contributed by atoms with Gasteiger partial charge in [0.1, 0.15) is 5.75 Å². The molecule has 0 heterocycles. The number of nitrogens with zero attached hydrogens (tertiary/aromatic N) is 1. The van der Waals surface area contributed by atoms with Crippen molar-refractivity contribution >= 4 is 17.5 Å². The molecule has 0 spiro atoms. The fourth-order valence-electron chi connectivity index (χ4n) is 3.74. The molecule has 0 fully saturated rings. The van der Waals surface area contributed by atoms with E-state index in [1.807, 2.05) is 59.0 Å². The van der Waals surface area contributed by atoms with E-state index >= 15 is 0 Å². The fourth-order valence-corrected chi connectivity index (χ4v) is 3.74. The number of ether oxygens (including phenoxy) is 1. The summed E-state index contributed by atoms with van der Waals surface area (Å²) in [6.07, 6.45) is 0.821. The summed E-state index contributed by atoms with van der Waals surface area (Å²) in [5.74, 6) is -0.271. The highest BCUT2D eigenvalue weighted by Gasteiger charge is 2.31. The van der Waals surface area contributed by atoms with Crippen LogP contribution in [0, 0.1) is 12.3 Å². The van der Waals surface area contributed by atoms with Gasteiger partial charge in [-0.1, -0.05) is 38.5 Å². The molecule has 0 aliphatic heterocycles. The predicted octanol–water partition coefficient (Wildman–Crippen LogP) is 7.01. The summed E-state index contributed by atoms with van der Waals surface area (Å²) >= 11 is 0. The van der Waals surface area contributed by atoms with Gasteiger partial charge < -0.3 is 26.1 Å². The first kappa shape index (κ1) is 29.8. The summed E-state index contributed by atoms with van der Waals surface area (Å²) in [6, 6.07) is 7.82. The average molecular weight is 491 g/mol. The first-order valence-electron chi connectivity index (χ1n) is 11.6. The SMILES string of the molecule is CC.CC/C(C)=C/N(C)c1c(C)c(-c2ccc(OC(F)(F)F)cc2)cc(CNC)c1/C(C=N)=C/N. The second-order valence-corrected chi connectivity index (χ2v) is 7.74. The summed E-state index contributed by atoms with van der Waals surface area (Å²) in [5, 5.41) is 11.0. The standard InChI is InChI=1S/C25H31F3N4O.C2H6/c1-6-16(2)15-32(5)24-17(3)22(11-19(14-31-4)23(24)20(12-29)13-30)18-7-9-21(10-8-18)33-25(26,27)28;1-2/h7-13,15,29,31H,6,14,30H2,1-5H3;1-2H3/b16-15+,20-13+,29-12?;. The summed E-state index contributed by atoms with van der Waals surface area (Å²) < 4.78 is 41.7. The quantitative estimate of drug-likeness (QED) is 0.331. The Hall–Kier alpha value is -3.26. The van der Waals surface area contributed by atoms with Crippen molar-refractivity contribution in [3.63, 3.8) is 0 Å². The molecule has 2 aromatic carbocycles. The summed E-state index contributed by atoms with van der Waals surface area (Å²) in [6.45, 7) is 10.6. The minimum absolute atomic E-state index is 0.271. The second kappa shape index (κ2) is 13.6. The van der Waals surface area contributed by atoms with Crippen molar-refractivity contribution in [2.75, 3.05) is 19.0 Å². The molecule has 0 bridgehead atoms. The minimum Gasteiger partial charge on any atom is -0.406 e. The van der Waals surface area contributed by atoms with Gasteiger partial charge in [0.25, 0.3) is 0 Å². The molecular formula is C27H37F3N4O. The monoisotopic (exact) mass is 490 g/mol. The van der Waals surface area contributed by atoms with Crippen LogP contribution in [0.2, 0.25) is 0 Å². The van der Waals surface area contributed by atoms with Crippen LogP contribution >= 0.6 is 0 Å². The maximum atomic E-state index is 12.6. The van der Waals surface area contributed by atoms with Crippen molar-refractivity contribution in [3.05, 3.63) is 65.0 Å². The number of allylic oxidation sites excluding steroid dienone is 2. The normalized spacial score (nSPS) is 12.1. The first-order chi connectivity index (χ1) is 16.6. The van der Waals surface area contributed by atoms with Crippen molar-refractivity contribution in [2.24, 2.45) is 5.73 Å². The van der Waals surface area contributed by atoms with Crippen molar-refractivity contribution in [2.45, 2.75) is 53.9 Å². The van der Waals surface area contributed by atoms with E-state index in [4.69, 9.17) is 11.1 Å². The van der Waals surface area contributed by atoms with Gasteiger partial charge in [-0.05, 0) is 67.8 Å². The molecule has 0 saturated heterocycles. The zero-order chi connectivity index (χ0) is 26.8. The molecule has 0 aromatic heterocycles. The Kier molecular flexibility index (Phi) is 11.6. The third kappa shape index (κ3) is 7.89. The zero-order valence-electron chi connectivity index (χ0n) is 21.6. The molecule has 2 aromatic rings. The highest BCUT2D eigenvalue weighted by Crippen LogP contribution is 2.40. The van der Waals surface area contributed by atoms with Gasteiger partial charge in [0.2, 0.25) is 0 Å². The summed E-state index contributed by atoms with van der Waals surface area (Å²) in [4.78, 5) is 2.01. The van der Waals surface area contributed by atoms with E-state index in [2.05, 4.69) is 17.0 Å². The molecule has 35 heavy (non-hydrogen) atoms. The van der Waals surface area contributed by atoms with Crippen LogP contribution in [0.25, 0.3) is 16.7 Å². The summed E-state index contributed by atoms with van der Waals surface area (Å²) in [7, 11) is 3.77. The Morgan fingerprint density at radius 3 is 2.26 bits per heavy atom. The lowest BCUT2D eigenvalue weighted by Gasteiger charge is -2.27. The third-order valence-electron chi connectivity index (χ3n) is 5.35. The molecule has 0 amide bonds.